The smallest absolute Gasteiger partial charge is 0.293 e. The van der Waals surface area contributed by atoms with E-state index in [0.29, 0.717) is 45.8 Å². The molecule has 7 nitrogen and oxygen atoms in total. The minimum Gasteiger partial charge on any atom is -0.411 e. The summed E-state index contributed by atoms with van der Waals surface area (Å²) in [5.41, 5.74) is 2.33. The van der Waals surface area contributed by atoms with Gasteiger partial charge < -0.3 is 15.1 Å². The highest BCUT2D eigenvalue weighted by Gasteiger charge is 2.28. The maximum absolute atomic E-state index is 13.3. The molecule has 0 bridgehead atoms. The van der Waals surface area contributed by atoms with Crippen molar-refractivity contribution in [3.63, 3.8) is 0 Å². The van der Waals surface area contributed by atoms with E-state index in [-0.39, 0.29) is 30.0 Å². The van der Waals surface area contributed by atoms with E-state index in [0.717, 1.165) is 10.3 Å². The minimum atomic E-state index is -0.331. The fourth-order valence-electron chi connectivity index (χ4n) is 4.11. The van der Waals surface area contributed by atoms with Crippen LogP contribution in [0.3, 0.4) is 0 Å². The Labute approximate surface area is 208 Å². The van der Waals surface area contributed by atoms with Crippen molar-refractivity contribution in [1.82, 2.24) is 14.6 Å². The predicted octanol–water partition coefficient (Wildman–Crippen LogP) is 4.62. The monoisotopic (exact) mass is 500 g/mol. The normalized spacial score (nSPS) is 14.0. The van der Waals surface area contributed by atoms with Crippen molar-refractivity contribution in [3.8, 4) is 0 Å². The van der Waals surface area contributed by atoms with Crippen LogP contribution in [-0.4, -0.2) is 34.2 Å². The van der Waals surface area contributed by atoms with Crippen molar-refractivity contribution in [1.29, 1.82) is 0 Å². The quantitative estimate of drug-likeness (QED) is 0.534. The molecule has 34 heavy (non-hydrogen) atoms. The SMILES string of the molecule is COn1c(NC(c2ccc(Cl)cc2)C(C)C)nc2c(c1=O)CN(C(=O)c1ccc(Cl)cc1)CC2. The molecule has 1 aromatic heterocycles. The van der Waals surface area contributed by atoms with E-state index in [9.17, 15) is 9.59 Å². The summed E-state index contributed by atoms with van der Waals surface area (Å²) in [5.74, 6) is 0.375. The van der Waals surface area contributed by atoms with E-state index in [1.54, 1.807) is 29.2 Å². The Morgan fingerprint density at radius 2 is 1.68 bits per heavy atom. The molecule has 1 aliphatic heterocycles. The van der Waals surface area contributed by atoms with Gasteiger partial charge in [-0.1, -0.05) is 49.2 Å². The van der Waals surface area contributed by atoms with E-state index in [1.165, 1.54) is 7.11 Å². The van der Waals surface area contributed by atoms with Gasteiger partial charge in [-0.3, -0.25) is 9.59 Å². The first-order valence-corrected chi connectivity index (χ1v) is 11.8. The van der Waals surface area contributed by atoms with E-state index in [2.05, 4.69) is 19.2 Å². The number of nitrogens with zero attached hydrogens (tertiary/aromatic N) is 3. The highest BCUT2D eigenvalue weighted by molar-refractivity contribution is 6.30. The van der Waals surface area contributed by atoms with Crippen LogP contribution >= 0.6 is 23.2 Å². The molecule has 0 saturated carbocycles. The lowest BCUT2D eigenvalue weighted by atomic mass is 9.96. The number of carbonyl (C=O) groups excluding carboxylic acids is 1. The average Bonchev–Trinajstić information content (AvgIpc) is 2.83. The first-order valence-electron chi connectivity index (χ1n) is 11.0. The number of halogens is 2. The number of carbonyl (C=O) groups is 1. The molecule has 9 heteroatoms. The first kappa shape index (κ1) is 24.1. The Kier molecular flexibility index (Phi) is 7.14. The van der Waals surface area contributed by atoms with Gasteiger partial charge in [-0.15, -0.1) is 4.73 Å². The van der Waals surface area contributed by atoms with Crippen LogP contribution in [0.5, 0.6) is 0 Å². The van der Waals surface area contributed by atoms with Crippen LogP contribution in [0.15, 0.2) is 53.3 Å². The second-order valence-electron chi connectivity index (χ2n) is 8.54. The van der Waals surface area contributed by atoms with Crippen molar-refractivity contribution < 1.29 is 9.63 Å². The summed E-state index contributed by atoms with van der Waals surface area (Å²) in [6, 6.07) is 14.2. The Bertz CT molecular complexity index is 1240. The number of amides is 1. The molecule has 0 spiro atoms. The number of fused-ring (bicyclic) bond motifs is 1. The summed E-state index contributed by atoms with van der Waals surface area (Å²) in [4.78, 5) is 38.1. The summed E-state index contributed by atoms with van der Waals surface area (Å²) < 4.78 is 1.15. The number of anilines is 1. The standard InChI is InChI=1S/C25H26Cl2N4O3/c1-15(2)22(16-4-8-18(26)9-5-16)29-25-28-21-12-13-30(14-20(21)24(33)31(25)34-3)23(32)17-6-10-19(27)11-7-17/h4-11,15,22H,12-14H2,1-3H3,(H,28,29). The molecule has 3 aromatic rings. The third kappa shape index (κ3) is 4.91. The number of rotatable bonds is 6. The number of hydrogen-bond acceptors (Lipinski definition) is 5. The van der Waals surface area contributed by atoms with E-state index < -0.39 is 0 Å². The maximum atomic E-state index is 13.3. The van der Waals surface area contributed by atoms with Gasteiger partial charge in [0, 0.05) is 28.6 Å². The molecule has 2 aromatic carbocycles. The van der Waals surface area contributed by atoms with Crippen molar-refractivity contribution in [2.45, 2.75) is 32.9 Å². The lowest BCUT2D eigenvalue weighted by molar-refractivity contribution is 0.0728. The molecule has 1 unspecified atom stereocenters. The van der Waals surface area contributed by atoms with Gasteiger partial charge in [-0.05, 0) is 47.9 Å². The van der Waals surface area contributed by atoms with E-state index in [4.69, 9.17) is 33.0 Å². The van der Waals surface area contributed by atoms with Gasteiger partial charge in [0.2, 0.25) is 5.95 Å². The summed E-state index contributed by atoms with van der Waals surface area (Å²) in [6.45, 7) is 4.79. The van der Waals surface area contributed by atoms with Crippen LogP contribution in [0.4, 0.5) is 5.95 Å². The average molecular weight is 501 g/mol. The molecule has 4 rings (SSSR count). The lowest BCUT2D eigenvalue weighted by Gasteiger charge is -2.30. The highest BCUT2D eigenvalue weighted by atomic mass is 35.5. The molecule has 1 aliphatic rings. The molecule has 0 fully saturated rings. The van der Waals surface area contributed by atoms with Crippen molar-refractivity contribution in [3.05, 3.63) is 91.3 Å². The zero-order valence-corrected chi connectivity index (χ0v) is 20.7. The molecular weight excluding hydrogens is 475 g/mol. The topological polar surface area (TPSA) is 76.5 Å². The number of nitrogens with one attached hydrogen (secondary N) is 1. The van der Waals surface area contributed by atoms with Crippen LogP contribution in [0.1, 0.15) is 47.1 Å². The largest absolute Gasteiger partial charge is 0.411 e. The zero-order valence-electron chi connectivity index (χ0n) is 19.2. The fourth-order valence-corrected chi connectivity index (χ4v) is 4.36. The zero-order chi connectivity index (χ0) is 24.4. The van der Waals surface area contributed by atoms with Crippen LogP contribution < -0.4 is 15.7 Å². The Balaban J connectivity index is 1.64. The number of hydrogen-bond donors (Lipinski definition) is 1. The minimum absolute atomic E-state index is 0.116. The number of aromatic nitrogens is 2. The Morgan fingerprint density at radius 1 is 1.06 bits per heavy atom. The third-order valence-electron chi connectivity index (χ3n) is 5.93. The molecular formula is C25H26Cl2N4O3. The van der Waals surface area contributed by atoms with E-state index in [1.807, 2.05) is 24.3 Å². The molecule has 0 aliphatic carbocycles. The summed E-state index contributed by atoms with van der Waals surface area (Å²) in [7, 11) is 1.42. The van der Waals surface area contributed by atoms with Crippen LogP contribution in [-0.2, 0) is 13.0 Å². The predicted molar refractivity (Wildman–Crippen MR) is 134 cm³/mol. The van der Waals surface area contributed by atoms with E-state index >= 15 is 0 Å². The van der Waals surface area contributed by atoms with Crippen LogP contribution in [0.2, 0.25) is 10.0 Å². The van der Waals surface area contributed by atoms with Gasteiger partial charge in [0.05, 0.1) is 23.8 Å². The van der Waals surface area contributed by atoms with Crippen molar-refractivity contribution >= 4 is 35.1 Å². The van der Waals surface area contributed by atoms with Crippen LogP contribution in [0, 0.1) is 5.92 Å². The number of benzene rings is 2. The molecule has 0 radical (unpaired) electrons. The van der Waals surface area contributed by atoms with Gasteiger partial charge in [-0.25, -0.2) is 4.98 Å². The van der Waals surface area contributed by atoms with Gasteiger partial charge in [0.1, 0.15) is 7.11 Å². The maximum Gasteiger partial charge on any atom is 0.293 e. The molecule has 1 N–H and O–H groups in total. The highest BCUT2D eigenvalue weighted by Crippen LogP contribution is 2.27. The lowest BCUT2D eigenvalue weighted by Crippen LogP contribution is -2.42. The van der Waals surface area contributed by atoms with Gasteiger partial charge in [0.15, 0.2) is 0 Å². The summed E-state index contributed by atoms with van der Waals surface area (Å²) in [5, 5.41) is 4.60. The van der Waals surface area contributed by atoms with Crippen LogP contribution in [0.25, 0.3) is 0 Å². The molecule has 1 amide bonds. The fraction of sp³-hybridized carbons (Fsp3) is 0.320. The first-order chi connectivity index (χ1) is 16.3. The second-order valence-corrected chi connectivity index (χ2v) is 9.42. The molecule has 2 heterocycles. The van der Waals surface area contributed by atoms with Crippen molar-refractivity contribution in [2.75, 3.05) is 19.0 Å². The third-order valence-corrected chi connectivity index (χ3v) is 6.44. The molecule has 0 saturated heterocycles. The summed E-state index contributed by atoms with van der Waals surface area (Å²) in [6.07, 6.45) is 0.469. The second kappa shape index (κ2) is 10.1. The Hall–Kier alpha value is -3.03. The van der Waals surface area contributed by atoms with Gasteiger partial charge >= 0.3 is 0 Å². The summed E-state index contributed by atoms with van der Waals surface area (Å²) >= 11 is 12.0. The molecule has 178 valence electrons. The van der Waals surface area contributed by atoms with Crippen molar-refractivity contribution in [2.24, 2.45) is 5.92 Å². The van der Waals surface area contributed by atoms with Gasteiger partial charge in [-0.2, -0.15) is 0 Å². The van der Waals surface area contributed by atoms with Gasteiger partial charge in [0.25, 0.3) is 11.5 Å². The Morgan fingerprint density at radius 3 is 2.26 bits per heavy atom. The molecule has 1 atom stereocenters.